The average Bonchev–Trinajstić information content (AvgIpc) is 3.21. The van der Waals surface area contributed by atoms with Gasteiger partial charge in [0.25, 0.3) is 0 Å². The van der Waals surface area contributed by atoms with E-state index in [2.05, 4.69) is 15.0 Å². The van der Waals surface area contributed by atoms with Gasteiger partial charge in [-0.2, -0.15) is 0 Å². The maximum Gasteiger partial charge on any atom is 0.413 e. The van der Waals surface area contributed by atoms with Gasteiger partial charge in [-0.25, -0.2) is 9.78 Å². The number of nitrogens with zero attached hydrogens (tertiary/aromatic N) is 2. The van der Waals surface area contributed by atoms with Crippen molar-refractivity contribution in [2.75, 3.05) is 24.4 Å². The highest BCUT2D eigenvalue weighted by atomic mass is 16.5. The van der Waals surface area contributed by atoms with Gasteiger partial charge >= 0.3 is 6.09 Å². The predicted molar refractivity (Wildman–Crippen MR) is 111 cm³/mol. The molecule has 1 N–H and O–H groups in total. The Kier molecular flexibility index (Phi) is 6.29. The number of hydrogen-bond donors (Lipinski definition) is 1. The van der Waals surface area contributed by atoms with Crippen molar-refractivity contribution in [2.24, 2.45) is 0 Å². The number of nitrogens with one attached hydrogen (secondary N) is 1. The Morgan fingerprint density at radius 1 is 1.10 bits per heavy atom. The molecule has 0 fully saturated rings. The maximum atomic E-state index is 12.2. The molecule has 29 heavy (non-hydrogen) atoms. The molecule has 0 aliphatic carbocycles. The van der Waals surface area contributed by atoms with Gasteiger partial charge in [0.2, 0.25) is 5.91 Å². The van der Waals surface area contributed by atoms with Crippen LogP contribution >= 0.6 is 0 Å². The Morgan fingerprint density at radius 3 is 2.45 bits per heavy atom. The van der Waals surface area contributed by atoms with Crippen molar-refractivity contribution in [2.45, 2.75) is 19.8 Å². The number of hydrogen-bond acceptors (Lipinski definition) is 5. The van der Waals surface area contributed by atoms with E-state index in [1.54, 1.807) is 37.5 Å². The zero-order valence-corrected chi connectivity index (χ0v) is 16.6. The van der Waals surface area contributed by atoms with Crippen LogP contribution in [-0.2, 0) is 16.0 Å². The summed E-state index contributed by atoms with van der Waals surface area (Å²) in [7, 11) is 2.94. The lowest BCUT2D eigenvalue weighted by Crippen LogP contribution is -2.25. The number of methoxy groups -OCH3 is 1. The number of amides is 2. The second-order valence-electron chi connectivity index (χ2n) is 6.61. The van der Waals surface area contributed by atoms with Crippen molar-refractivity contribution in [1.82, 2.24) is 4.98 Å². The number of aryl methyl sites for hydroxylation is 2. The van der Waals surface area contributed by atoms with Gasteiger partial charge < -0.3 is 14.5 Å². The van der Waals surface area contributed by atoms with Gasteiger partial charge in [0.05, 0.1) is 13.3 Å². The molecule has 2 aromatic carbocycles. The summed E-state index contributed by atoms with van der Waals surface area (Å²) in [5, 5.41) is 2.82. The summed E-state index contributed by atoms with van der Waals surface area (Å²) in [6.45, 7) is 2.03. The molecule has 0 unspecified atom stereocenters. The molecule has 0 saturated carbocycles. The first-order valence-electron chi connectivity index (χ1n) is 9.19. The number of anilines is 2. The topological polar surface area (TPSA) is 84.7 Å². The first-order chi connectivity index (χ1) is 14.0. The van der Waals surface area contributed by atoms with Crippen LogP contribution in [0.5, 0.6) is 0 Å². The normalized spacial score (nSPS) is 10.4. The van der Waals surface area contributed by atoms with Crippen LogP contribution in [-0.4, -0.2) is 31.1 Å². The molecule has 0 aliphatic heterocycles. The minimum atomic E-state index is -0.460. The van der Waals surface area contributed by atoms with Crippen molar-refractivity contribution in [3.63, 3.8) is 0 Å². The molecule has 150 valence electrons. The fraction of sp³-hybridized carbons (Fsp3) is 0.227. The molecule has 3 rings (SSSR count). The van der Waals surface area contributed by atoms with Gasteiger partial charge in [-0.15, -0.1) is 0 Å². The Hall–Kier alpha value is -3.61. The minimum absolute atomic E-state index is 0.144. The molecular formula is C22H23N3O4. The molecule has 7 heteroatoms. The molecule has 1 heterocycles. The molecule has 7 nitrogen and oxygen atoms in total. The van der Waals surface area contributed by atoms with Gasteiger partial charge in [0, 0.05) is 36.8 Å². The van der Waals surface area contributed by atoms with Crippen molar-refractivity contribution in [3.8, 4) is 11.3 Å². The molecule has 0 saturated heterocycles. The number of ether oxygens (including phenoxy) is 1. The quantitative estimate of drug-likeness (QED) is 0.670. The average molecular weight is 393 g/mol. The van der Waals surface area contributed by atoms with Crippen LogP contribution in [0.3, 0.4) is 0 Å². The third-order valence-corrected chi connectivity index (χ3v) is 4.44. The second kappa shape index (κ2) is 9.05. The summed E-state index contributed by atoms with van der Waals surface area (Å²) in [6, 6.07) is 14.9. The number of carbonyl (C=O) groups is 2. The molecule has 1 aromatic heterocycles. The van der Waals surface area contributed by atoms with Crippen LogP contribution in [0.1, 0.15) is 17.9 Å². The maximum absolute atomic E-state index is 12.2. The molecule has 0 aliphatic rings. The van der Waals surface area contributed by atoms with E-state index in [9.17, 15) is 9.59 Å². The Labute approximate surface area is 169 Å². The zero-order chi connectivity index (χ0) is 20.8. The smallest absolute Gasteiger partial charge is 0.413 e. The fourth-order valence-corrected chi connectivity index (χ4v) is 2.73. The monoisotopic (exact) mass is 393 g/mol. The fourth-order valence-electron chi connectivity index (χ4n) is 2.73. The highest BCUT2D eigenvalue weighted by Gasteiger charge is 2.12. The van der Waals surface area contributed by atoms with Crippen LogP contribution in [0.25, 0.3) is 11.3 Å². The molecule has 0 bridgehead atoms. The Morgan fingerprint density at radius 2 is 1.79 bits per heavy atom. The lowest BCUT2D eigenvalue weighted by atomic mass is 10.1. The number of carbonyl (C=O) groups excluding carboxylic acids is 2. The summed E-state index contributed by atoms with van der Waals surface area (Å²) < 4.78 is 10.4. The SMILES string of the molecule is COC(=O)N(C)c1ccc(NC(=O)CCc2ncc(-c3ccc(C)cc3)o2)cc1. The number of rotatable bonds is 6. The van der Waals surface area contributed by atoms with Gasteiger partial charge in [-0.3, -0.25) is 9.69 Å². The van der Waals surface area contributed by atoms with Crippen LogP contribution < -0.4 is 10.2 Å². The van der Waals surface area contributed by atoms with Gasteiger partial charge in [0.1, 0.15) is 0 Å². The van der Waals surface area contributed by atoms with Crippen LogP contribution in [0.4, 0.5) is 16.2 Å². The van der Waals surface area contributed by atoms with E-state index in [-0.39, 0.29) is 12.3 Å². The van der Waals surface area contributed by atoms with Crippen molar-refractivity contribution >= 4 is 23.4 Å². The molecule has 0 radical (unpaired) electrons. The summed E-state index contributed by atoms with van der Waals surface area (Å²) in [5.74, 6) is 1.06. The predicted octanol–water partition coefficient (Wildman–Crippen LogP) is 4.42. The van der Waals surface area contributed by atoms with Crippen molar-refractivity contribution < 1.29 is 18.7 Å². The van der Waals surface area contributed by atoms with E-state index in [4.69, 9.17) is 4.42 Å². The number of benzene rings is 2. The van der Waals surface area contributed by atoms with Gasteiger partial charge in [-0.05, 0) is 31.2 Å². The molecule has 0 atom stereocenters. The summed E-state index contributed by atoms with van der Waals surface area (Å²) >= 11 is 0. The zero-order valence-electron chi connectivity index (χ0n) is 16.6. The molecular weight excluding hydrogens is 370 g/mol. The largest absolute Gasteiger partial charge is 0.452 e. The Balaban J connectivity index is 1.52. The summed E-state index contributed by atoms with van der Waals surface area (Å²) in [6.07, 6.45) is 1.87. The van der Waals surface area contributed by atoms with E-state index in [1.165, 1.54) is 17.6 Å². The van der Waals surface area contributed by atoms with E-state index in [1.807, 2.05) is 31.2 Å². The lowest BCUT2D eigenvalue weighted by molar-refractivity contribution is -0.116. The van der Waals surface area contributed by atoms with Crippen molar-refractivity contribution in [3.05, 3.63) is 66.2 Å². The third kappa shape index (κ3) is 5.22. The summed E-state index contributed by atoms with van der Waals surface area (Å²) in [4.78, 5) is 29.4. The van der Waals surface area contributed by atoms with Gasteiger partial charge in [-0.1, -0.05) is 29.8 Å². The minimum Gasteiger partial charge on any atom is -0.452 e. The molecule has 3 aromatic rings. The summed E-state index contributed by atoms with van der Waals surface area (Å²) in [5.41, 5.74) is 3.44. The van der Waals surface area contributed by atoms with E-state index < -0.39 is 6.09 Å². The van der Waals surface area contributed by atoms with Crippen LogP contribution in [0.15, 0.2) is 59.1 Å². The van der Waals surface area contributed by atoms with E-state index in [0.717, 1.165) is 5.56 Å². The van der Waals surface area contributed by atoms with E-state index in [0.29, 0.717) is 29.4 Å². The highest BCUT2D eigenvalue weighted by molar-refractivity contribution is 5.92. The Bertz CT molecular complexity index is 978. The third-order valence-electron chi connectivity index (χ3n) is 4.44. The highest BCUT2D eigenvalue weighted by Crippen LogP contribution is 2.22. The second-order valence-corrected chi connectivity index (χ2v) is 6.61. The van der Waals surface area contributed by atoms with E-state index >= 15 is 0 Å². The van der Waals surface area contributed by atoms with Crippen LogP contribution in [0, 0.1) is 6.92 Å². The van der Waals surface area contributed by atoms with Gasteiger partial charge in [0.15, 0.2) is 11.7 Å². The standard InChI is InChI=1S/C22H23N3O4/c1-15-4-6-16(7-5-15)19-14-23-21(29-19)13-12-20(26)24-17-8-10-18(11-9-17)25(2)22(27)28-3/h4-11,14H,12-13H2,1-3H3,(H,24,26). The number of oxazole rings is 1. The first kappa shape index (κ1) is 20.1. The molecule has 2 amide bonds. The lowest BCUT2D eigenvalue weighted by Gasteiger charge is -2.15. The molecule has 0 spiro atoms. The first-order valence-corrected chi connectivity index (χ1v) is 9.19. The number of aromatic nitrogens is 1. The van der Waals surface area contributed by atoms with Crippen LogP contribution in [0.2, 0.25) is 0 Å². The van der Waals surface area contributed by atoms with Crippen molar-refractivity contribution in [1.29, 1.82) is 0 Å².